The maximum absolute atomic E-state index is 12.8. The van der Waals surface area contributed by atoms with Crippen molar-refractivity contribution in [3.8, 4) is 0 Å². The summed E-state index contributed by atoms with van der Waals surface area (Å²) in [5.74, 6) is -2.87. The van der Waals surface area contributed by atoms with E-state index in [9.17, 15) is 29.4 Å². The topological polar surface area (TPSA) is 197 Å². The Kier molecular flexibility index (Phi) is 14.9. The van der Waals surface area contributed by atoms with Gasteiger partial charge in [0.1, 0.15) is 18.1 Å². The molecular weight excluding hydrogens is 438 g/mol. The molecule has 5 unspecified atom stereocenters. The summed E-state index contributed by atoms with van der Waals surface area (Å²) in [6.07, 6.45) is 2.30. The molecule has 0 aliphatic carbocycles. The molecule has 0 aromatic heterocycles. The van der Waals surface area contributed by atoms with Crippen LogP contribution in [0.5, 0.6) is 0 Å². The molecule has 12 heteroatoms. The zero-order valence-electron chi connectivity index (χ0n) is 19.3. The van der Waals surface area contributed by atoms with Gasteiger partial charge in [-0.05, 0) is 57.1 Å². The van der Waals surface area contributed by atoms with Gasteiger partial charge in [-0.2, -0.15) is 11.8 Å². The van der Waals surface area contributed by atoms with Crippen molar-refractivity contribution >= 4 is 35.5 Å². The lowest BCUT2D eigenvalue weighted by molar-refractivity contribution is -0.143. The number of carbonyl (C=O) groups excluding carboxylic acids is 3. The number of carbonyl (C=O) groups is 4. The number of nitrogens with one attached hydrogen (secondary N) is 3. The Hall–Kier alpha value is -1.89. The Morgan fingerprint density at radius 3 is 1.94 bits per heavy atom. The minimum absolute atomic E-state index is 0.164. The fraction of sp³-hybridized carbons (Fsp3) is 0.800. The molecular formula is C20H39N5O6S. The lowest BCUT2D eigenvalue weighted by Crippen LogP contribution is -2.60. The van der Waals surface area contributed by atoms with E-state index in [-0.39, 0.29) is 12.3 Å². The Balaban J connectivity index is 5.24. The van der Waals surface area contributed by atoms with Gasteiger partial charge in [0.25, 0.3) is 0 Å². The van der Waals surface area contributed by atoms with Gasteiger partial charge < -0.3 is 37.6 Å². The third-order valence-electron chi connectivity index (χ3n) is 4.84. The number of nitrogens with two attached hydrogens (primary N) is 2. The van der Waals surface area contributed by atoms with Crippen LogP contribution in [0, 0.1) is 5.92 Å². The van der Waals surface area contributed by atoms with Crippen LogP contribution in [0.25, 0.3) is 0 Å². The van der Waals surface area contributed by atoms with Gasteiger partial charge in [0.2, 0.25) is 17.7 Å². The molecule has 9 N–H and O–H groups in total. The van der Waals surface area contributed by atoms with Crippen LogP contribution in [0.3, 0.4) is 0 Å². The predicted molar refractivity (Wildman–Crippen MR) is 124 cm³/mol. The van der Waals surface area contributed by atoms with Gasteiger partial charge in [0.05, 0.1) is 12.1 Å². The van der Waals surface area contributed by atoms with E-state index in [0.717, 1.165) is 0 Å². The summed E-state index contributed by atoms with van der Waals surface area (Å²) in [4.78, 5) is 49.2. The van der Waals surface area contributed by atoms with Crippen LogP contribution in [0.1, 0.15) is 46.5 Å². The number of carboxylic acid groups (broad SMARTS) is 1. The first kappa shape index (κ1) is 30.1. The average Bonchev–Trinajstić information content (AvgIpc) is 2.72. The fourth-order valence-corrected chi connectivity index (χ4v) is 3.32. The molecule has 0 bridgehead atoms. The summed E-state index contributed by atoms with van der Waals surface area (Å²) in [6.45, 7) is 5.13. The van der Waals surface area contributed by atoms with Crippen LogP contribution in [0.2, 0.25) is 0 Å². The summed E-state index contributed by atoms with van der Waals surface area (Å²) in [5, 5.41) is 26.7. The molecule has 0 saturated carbocycles. The third kappa shape index (κ3) is 11.1. The summed E-state index contributed by atoms with van der Waals surface area (Å²) in [6, 6.07) is -4.35. The Morgan fingerprint density at radius 1 is 0.906 bits per heavy atom. The van der Waals surface area contributed by atoms with Crippen LogP contribution in [0.15, 0.2) is 0 Å². The van der Waals surface area contributed by atoms with E-state index in [1.807, 2.05) is 6.26 Å². The second-order valence-corrected chi connectivity index (χ2v) is 9.01. The molecule has 11 nitrogen and oxygen atoms in total. The number of aliphatic hydroxyl groups is 1. The third-order valence-corrected chi connectivity index (χ3v) is 5.48. The zero-order valence-corrected chi connectivity index (χ0v) is 20.1. The summed E-state index contributed by atoms with van der Waals surface area (Å²) in [7, 11) is 0. The second kappa shape index (κ2) is 15.8. The van der Waals surface area contributed by atoms with E-state index >= 15 is 0 Å². The van der Waals surface area contributed by atoms with Gasteiger partial charge in [-0.1, -0.05) is 13.8 Å². The SMILES string of the molecule is CSCCC(N)C(=O)NC(C(=O)NC(C(=O)NC(CCCCN)C(=O)O)C(C)O)C(C)C. The first-order valence-corrected chi connectivity index (χ1v) is 12.1. The van der Waals surface area contributed by atoms with Gasteiger partial charge in [-0.15, -0.1) is 0 Å². The molecule has 0 saturated heterocycles. The molecule has 0 aromatic rings. The number of carboxylic acids is 1. The van der Waals surface area contributed by atoms with Crippen molar-refractivity contribution < 1.29 is 29.4 Å². The van der Waals surface area contributed by atoms with Crippen LogP contribution in [0.4, 0.5) is 0 Å². The molecule has 0 fully saturated rings. The van der Waals surface area contributed by atoms with Crippen molar-refractivity contribution in [3.63, 3.8) is 0 Å². The lowest BCUT2D eigenvalue weighted by atomic mass is 10.0. The summed E-state index contributed by atoms with van der Waals surface area (Å²) < 4.78 is 0. The first-order chi connectivity index (χ1) is 15.0. The van der Waals surface area contributed by atoms with Crippen molar-refractivity contribution in [1.82, 2.24) is 16.0 Å². The van der Waals surface area contributed by atoms with Crippen molar-refractivity contribution in [1.29, 1.82) is 0 Å². The molecule has 0 radical (unpaired) electrons. The molecule has 5 atom stereocenters. The summed E-state index contributed by atoms with van der Waals surface area (Å²) >= 11 is 1.55. The number of aliphatic hydroxyl groups excluding tert-OH is 1. The summed E-state index contributed by atoms with van der Waals surface area (Å²) in [5.41, 5.74) is 11.3. The van der Waals surface area contributed by atoms with E-state index in [4.69, 9.17) is 11.5 Å². The van der Waals surface area contributed by atoms with Crippen molar-refractivity contribution in [2.45, 2.75) is 76.7 Å². The first-order valence-electron chi connectivity index (χ1n) is 10.7. The minimum Gasteiger partial charge on any atom is -0.480 e. The van der Waals surface area contributed by atoms with E-state index in [0.29, 0.717) is 31.6 Å². The molecule has 0 heterocycles. The molecule has 186 valence electrons. The van der Waals surface area contributed by atoms with Crippen LogP contribution in [-0.4, -0.2) is 82.7 Å². The highest BCUT2D eigenvalue weighted by Crippen LogP contribution is 2.07. The molecule has 0 spiro atoms. The van der Waals surface area contributed by atoms with Crippen LogP contribution >= 0.6 is 11.8 Å². The van der Waals surface area contributed by atoms with Gasteiger partial charge in [0.15, 0.2) is 0 Å². The van der Waals surface area contributed by atoms with Gasteiger partial charge in [0, 0.05) is 0 Å². The Labute approximate surface area is 193 Å². The van der Waals surface area contributed by atoms with Crippen molar-refractivity contribution in [3.05, 3.63) is 0 Å². The normalized spacial score (nSPS) is 15.9. The number of rotatable bonds is 16. The monoisotopic (exact) mass is 477 g/mol. The van der Waals surface area contributed by atoms with E-state index in [1.165, 1.54) is 6.92 Å². The second-order valence-electron chi connectivity index (χ2n) is 8.03. The number of aliphatic carboxylic acids is 1. The number of hydrogen-bond donors (Lipinski definition) is 7. The van der Waals surface area contributed by atoms with E-state index in [2.05, 4.69) is 16.0 Å². The van der Waals surface area contributed by atoms with Crippen molar-refractivity contribution in [2.24, 2.45) is 17.4 Å². The molecule has 0 aliphatic heterocycles. The molecule has 0 rings (SSSR count). The molecule has 0 aromatic carbocycles. The number of amides is 3. The van der Waals surface area contributed by atoms with E-state index in [1.54, 1.807) is 25.6 Å². The van der Waals surface area contributed by atoms with Crippen LogP contribution in [-0.2, 0) is 19.2 Å². The smallest absolute Gasteiger partial charge is 0.326 e. The highest BCUT2D eigenvalue weighted by molar-refractivity contribution is 7.98. The van der Waals surface area contributed by atoms with Crippen LogP contribution < -0.4 is 27.4 Å². The lowest BCUT2D eigenvalue weighted by Gasteiger charge is -2.28. The van der Waals surface area contributed by atoms with Crippen molar-refractivity contribution in [2.75, 3.05) is 18.6 Å². The number of unbranched alkanes of at least 4 members (excludes halogenated alkanes) is 1. The van der Waals surface area contributed by atoms with E-state index < -0.39 is 54.0 Å². The molecule has 3 amide bonds. The quantitative estimate of drug-likeness (QED) is 0.133. The molecule has 0 aliphatic rings. The minimum atomic E-state index is -1.40. The standard InChI is InChI=1S/C20H39N5O6S/c1-11(2)15(24-17(27)13(22)8-10-32-4)18(28)25-16(12(3)26)19(29)23-14(20(30)31)7-5-6-9-21/h11-16,26H,5-10,21-22H2,1-4H3,(H,23,29)(H,24,27)(H,25,28)(H,30,31). The Bertz CT molecular complexity index is 619. The van der Waals surface area contributed by atoms with Gasteiger partial charge in [-0.25, -0.2) is 4.79 Å². The highest BCUT2D eigenvalue weighted by Gasteiger charge is 2.33. The number of thioether (sulfide) groups is 1. The Morgan fingerprint density at radius 2 is 1.47 bits per heavy atom. The molecule has 32 heavy (non-hydrogen) atoms. The number of hydrogen-bond acceptors (Lipinski definition) is 8. The fourth-order valence-electron chi connectivity index (χ4n) is 2.83. The highest BCUT2D eigenvalue weighted by atomic mass is 32.2. The largest absolute Gasteiger partial charge is 0.480 e. The van der Waals surface area contributed by atoms with Gasteiger partial charge >= 0.3 is 5.97 Å². The predicted octanol–water partition coefficient (Wildman–Crippen LogP) is -1.23. The zero-order chi connectivity index (χ0) is 24.8. The maximum atomic E-state index is 12.8. The van der Waals surface area contributed by atoms with Gasteiger partial charge in [-0.3, -0.25) is 14.4 Å². The maximum Gasteiger partial charge on any atom is 0.326 e. The average molecular weight is 478 g/mol.